The Morgan fingerprint density at radius 1 is 1.41 bits per heavy atom. The molecular formula is C14H18NO2. The number of carbonyl (C=O) groups excluding carboxylic acids is 1. The minimum Gasteiger partial charge on any atom is -0.379 e. The quantitative estimate of drug-likeness (QED) is 0.744. The van der Waals surface area contributed by atoms with Gasteiger partial charge in [0.25, 0.3) is 0 Å². The number of ketones is 1. The lowest BCUT2D eigenvalue weighted by Gasteiger charge is -2.39. The normalized spacial score (nSPS) is 18.0. The van der Waals surface area contributed by atoms with Crippen molar-refractivity contribution in [1.82, 2.24) is 4.90 Å². The van der Waals surface area contributed by atoms with Gasteiger partial charge in [-0.1, -0.05) is 18.2 Å². The fourth-order valence-electron chi connectivity index (χ4n) is 2.15. The molecule has 3 nitrogen and oxygen atoms in total. The summed E-state index contributed by atoms with van der Waals surface area (Å²) in [6.07, 6.45) is 0. The fraction of sp³-hybridized carbons (Fsp3) is 0.500. The van der Waals surface area contributed by atoms with E-state index in [0.717, 1.165) is 18.7 Å². The van der Waals surface area contributed by atoms with Crippen LogP contribution in [0.3, 0.4) is 0 Å². The zero-order valence-electron chi connectivity index (χ0n) is 10.4. The van der Waals surface area contributed by atoms with Gasteiger partial charge < -0.3 is 4.74 Å². The van der Waals surface area contributed by atoms with Crippen molar-refractivity contribution in [2.24, 2.45) is 0 Å². The van der Waals surface area contributed by atoms with E-state index >= 15 is 0 Å². The molecule has 1 aromatic carbocycles. The lowest BCUT2D eigenvalue weighted by atomic mass is 9.91. The number of nitrogens with zero attached hydrogens (tertiary/aromatic N) is 1. The molecule has 0 unspecified atom stereocenters. The average Bonchev–Trinajstić information content (AvgIpc) is 2.40. The first-order valence-corrected chi connectivity index (χ1v) is 5.96. The standard InChI is InChI=1S/C14H18NO2/c1-14(2,15-8-10-17-11-9-15)13(16)12-6-4-3-5-7-12/h3-4,6-7H,8-11H2,1-2H3. The summed E-state index contributed by atoms with van der Waals surface area (Å²) in [5.41, 5.74) is 0.253. The summed E-state index contributed by atoms with van der Waals surface area (Å²) in [5, 5.41) is 0. The minimum atomic E-state index is -0.473. The molecule has 1 radical (unpaired) electrons. The first kappa shape index (κ1) is 12.3. The summed E-state index contributed by atoms with van der Waals surface area (Å²) in [6, 6.07) is 10.2. The van der Waals surface area contributed by atoms with Gasteiger partial charge in [0.05, 0.1) is 18.8 Å². The Balaban J connectivity index is 2.17. The maximum Gasteiger partial charge on any atom is 0.182 e. The van der Waals surface area contributed by atoms with Gasteiger partial charge in [-0.25, -0.2) is 0 Å². The summed E-state index contributed by atoms with van der Waals surface area (Å²) < 4.78 is 5.32. The lowest BCUT2D eigenvalue weighted by Crippen LogP contribution is -2.54. The van der Waals surface area contributed by atoms with Crippen molar-refractivity contribution >= 4 is 5.78 Å². The van der Waals surface area contributed by atoms with E-state index in [2.05, 4.69) is 11.0 Å². The van der Waals surface area contributed by atoms with Gasteiger partial charge in [-0.3, -0.25) is 9.69 Å². The van der Waals surface area contributed by atoms with E-state index in [1.165, 1.54) is 0 Å². The Hall–Kier alpha value is -1.19. The van der Waals surface area contributed by atoms with E-state index in [9.17, 15) is 4.79 Å². The topological polar surface area (TPSA) is 29.5 Å². The molecule has 17 heavy (non-hydrogen) atoms. The van der Waals surface area contributed by atoms with Crippen LogP contribution >= 0.6 is 0 Å². The molecule has 0 spiro atoms. The Kier molecular flexibility index (Phi) is 3.60. The van der Waals surface area contributed by atoms with Crippen LogP contribution in [0.1, 0.15) is 24.2 Å². The first-order chi connectivity index (χ1) is 8.12. The smallest absolute Gasteiger partial charge is 0.182 e. The molecule has 0 N–H and O–H groups in total. The van der Waals surface area contributed by atoms with Crippen LogP contribution in [0.5, 0.6) is 0 Å². The Labute approximate surface area is 102 Å². The number of benzene rings is 1. The van der Waals surface area contributed by atoms with Crippen LogP contribution in [0, 0.1) is 6.07 Å². The molecule has 0 aliphatic carbocycles. The summed E-state index contributed by atoms with van der Waals surface area (Å²) in [7, 11) is 0. The highest BCUT2D eigenvalue weighted by Gasteiger charge is 2.35. The van der Waals surface area contributed by atoms with Crippen LogP contribution in [-0.4, -0.2) is 42.5 Å². The number of Topliss-reactive ketones (excluding diaryl/α,β-unsaturated/α-hetero) is 1. The van der Waals surface area contributed by atoms with Crippen molar-refractivity contribution in [3.05, 3.63) is 35.9 Å². The number of rotatable bonds is 3. The van der Waals surface area contributed by atoms with Crippen LogP contribution in [0.4, 0.5) is 0 Å². The van der Waals surface area contributed by atoms with Gasteiger partial charge in [-0.05, 0) is 26.0 Å². The van der Waals surface area contributed by atoms with Crippen LogP contribution in [0.15, 0.2) is 24.3 Å². The van der Waals surface area contributed by atoms with Crippen LogP contribution in [0.2, 0.25) is 0 Å². The molecule has 1 aliphatic heterocycles. The number of carbonyl (C=O) groups is 1. The van der Waals surface area contributed by atoms with Crippen molar-refractivity contribution in [1.29, 1.82) is 0 Å². The third-order valence-corrected chi connectivity index (χ3v) is 3.33. The SMILES string of the molecule is CC(C)(C(=O)c1c[c]ccc1)N1CCOCC1. The van der Waals surface area contributed by atoms with Crippen LogP contribution < -0.4 is 0 Å². The van der Waals surface area contributed by atoms with E-state index in [4.69, 9.17) is 4.74 Å². The van der Waals surface area contributed by atoms with Gasteiger partial charge in [0.1, 0.15) is 0 Å². The summed E-state index contributed by atoms with van der Waals surface area (Å²) in [5.74, 6) is 0.149. The van der Waals surface area contributed by atoms with Crippen molar-refractivity contribution in [2.75, 3.05) is 26.3 Å². The van der Waals surface area contributed by atoms with Gasteiger partial charge in [0, 0.05) is 18.7 Å². The highest BCUT2D eigenvalue weighted by molar-refractivity contribution is 6.02. The second-order valence-corrected chi connectivity index (χ2v) is 4.78. The minimum absolute atomic E-state index is 0.149. The Morgan fingerprint density at radius 2 is 2.12 bits per heavy atom. The summed E-state index contributed by atoms with van der Waals surface area (Å²) >= 11 is 0. The van der Waals surface area contributed by atoms with E-state index in [0.29, 0.717) is 13.2 Å². The highest BCUT2D eigenvalue weighted by Crippen LogP contribution is 2.21. The van der Waals surface area contributed by atoms with Gasteiger partial charge in [-0.15, -0.1) is 0 Å². The summed E-state index contributed by atoms with van der Waals surface area (Å²) in [4.78, 5) is 14.6. The van der Waals surface area contributed by atoms with Crippen molar-refractivity contribution in [2.45, 2.75) is 19.4 Å². The lowest BCUT2D eigenvalue weighted by molar-refractivity contribution is -0.00429. The third-order valence-electron chi connectivity index (χ3n) is 3.33. The van der Waals surface area contributed by atoms with Crippen LogP contribution in [-0.2, 0) is 4.74 Å². The molecule has 91 valence electrons. The number of hydrogen-bond acceptors (Lipinski definition) is 3. The zero-order valence-corrected chi connectivity index (χ0v) is 10.4. The molecule has 1 fully saturated rings. The number of hydrogen-bond donors (Lipinski definition) is 0. The van der Waals surface area contributed by atoms with Crippen molar-refractivity contribution < 1.29 is 9.53 Å². The second-order valence-electron chi connectivity index (χ2n) is 4.78. The maximum absolute atomic E-state index is 12.5. The predicted molar refractivity (Wildman–Crippen MR) is 66.1 cm³/mol. The summed E-state index contributed by atoms with van der Waals surface area (Å²) in [6.45, 7) is 7.00. The van der Waals surface area contributed by atoms with Crippen LogP contribution in [0.25, 0.3) is 0 Å². The molecule has 3 heteroatoms. The molecule has 1 saturated heterocycles. The highest BCUT2D eigenvalue weighted by atomic mass is 16.5. The fourth-order valence-corrected chi connectivity index (χ4v) is 2.15. The van der Waals surface area contributed by atoms with E-state index in [1.807, 2.05) is 26.0 Å². The molecule has 2 rings (SSSR count). The molecule has 1 aliphatic rings. The second kappa shape index (κ2) is 4.98. The van der Waals surface area contributed by atoms with E-state index in [-0.39, 0.29) is 5.78 Å². The molecule has 0 aromatic heterocycles. The molecular weight excluding hydrogens is 214 g/mol. The monoisotopic (exact) mass is 232 g/mol. The molecule has 0 amide bonds. The van der Waals surface area contributed by atoms with Gasteiger partial charge in [0.2, 0.25) is 0 Å². The average molecular weight is 232 g/mol. The maximum atomic E-state index is 12.5. The number of morpholine rings is 1. The molecule has 0 saturated carbocycles. The van der Waals surface area contributed by atoms with Gasteiger partial charge in [-0.2, -0.15) is 0 Å². The molecule has 1 aromatic rings. The van der Waals surface area contributed by atoms with E-state index < -0.39 is 5.54 Å². The largest absolute Gasteiger partial charge is 0.379 e. The Bertz CT molecular complexity index is 380. The van der Waals surface area contributed by atoms with Crippen molar-refractivity contribution in [3.8, 4) is 0 Å². The van der Waals surface area contributed by atoms with E-state index in [1.54, 1.807) is 12.1 Å². The zero-order chi connectivity index (χ0) is 12.3. The Morgan fingerprint density at radius 3 is 2.71 bits per heavy atom. The molecule has 1 heterocycles. The van der Waals surface area contributed by atoms with Gasteiger partial charge >= 0.3 is 0 Å². The number of ether oxygens (including phenoxy) is 1. The van der Waals surface area contributed by atoms with Gasteiger partial charge in [0.15, 0.2) is 5.78 Å². The van der Waals surface area contributed by atoms with Crippen molar-refractivity contribution in [3.63, 3.8) is 0 Å². The first-order valence-electron chi connectivity index (χ1n) is 5.96. The molecule has 0 atom stereocenters. The molecule has 0 bridgehead atoms. The predicted octanol–water partition coefficient (Wildman–Crippen LogP) is 1.78. The third kappa shape index (κ3) is 2.56.